The van der Waals surface area contributed by atoms with Gasteiger partial charge in [0.1, 0.15) is 11.4 Å². The number of fused-ring (bicyclic) bond motifs is 1. The minimum atomic E-state index is -0.191. The average Bonchev–Trinajstić information content (AvgIpc) is 2.77. The third-order valence-corrected chi connectivity index (χ3v) is 3.80. The van der Waals surface area contributed by atoms with Gasteiger partial charge in [0.15, 0.2) is 10.4 Å². The summed E-state index contributed by atoms with van der Waals surface area (Å²) in [5.74, 6) is 0.686. The van der Waals surface area contributed by atoms with Crippen LogP contribution in [0.1, 0.15) is 16.1 Å². The number of benzene rings is 1. The van der Waals surface area contributed by atoms with Crippen LogP contribution in [0.2, 0.25) is 0 Å². The van der Waals surface area contributed by atoms with Crippen LogP contribution < -0.4 is 4.74 Å². The van der Waals surface area contributed by atoms with E-state index in [4.69, 9.17) is 4.74 Å². The number of carbonyl (C=O) groups is 1. The Kier molecular flexibility index (Phi) is 3.10. The normalized spacial score (nSPS) is 17.7. The van der Waals surface area contributed by atoms with E-state index in [-0.39, 0.29) is 11.7 Å². The summed E-state index contributed by atoms with van der Waals surface area (Å²) in [5, 5.41) is 7.68. The Morgan fingerprint density at radius 2 is 2.26 bits per heavy atom. The molecule has 2 aromatic rings. The molecular weight excluding hydrogens is 310 g/mol. The highest BCUT2D eigenvalue weighted by atomic mass is 79.9. The van der Waals surface area contributed by atoms with Gasteiger partial charge in [0.05, 0.1) is 12.5 Å². The van der Waals surface area contributed by atoms with Gasteiger partial charge in [-0.3, -0.25) is 4.79 Å². The number of rotatable bonds is 2. The maximum absolute atomic E-state index is 12.5. The summed E-state index contributed by atoms with van der Waals surface area (Å²) in [6.45, 7) is 0.396. The van der Waals surface area contributed by atoms with Crippen molar-refractivity contribution >= 4 is 21.7 Å². The fourth-order valence-electron chi connectivity index (χ4n) is 2.28. The van der Waals surface area contributed by atoms with Gasteiger partial charge in [-0.05, 0) is 34.0 Å². The molecule has 0 radical (unpaired) electrons. The quantitative estimate of drug-likeness (QED) is 0.794. The highest BCUT2D eigenvalue weighted by Crippen LogP contribution is 2.29. The minimum Gasteiger partial charge on any atom is -0.493 e. The van der Waals surface area contributed by atoms with Gasteiger partial charge in [-0.25, -0.2) is 4.68 Å². The van der Waals surface area contributed by atoms with Gasteiger partial charge in [-0.2, -0.15) is 0 Å². The number of ketones is 1. The summed E-state index contributed by atoms with van der Waals surface area (Å²) in [6, 6.07) is 7.81. The predicted molar refractivity (Wildman–Crippen MR) is 72.2 cm³/mol. The zero-order chi connectivity index (χ0) is 13.4. The maximum atomic E-state index is 12.5. The van der Waals surface area contributed by atoms with E-state index in [9.17, 15) is 4.79 Å². The molecule has 5 nitrogen and oxygen atoms in total. The molecule has 0 saturated carbocycles. The summed E-state index contributed by atoms with van der Waals surface area (Å²) < 4.78 is 7.63. The van der Waals surface area contributed by atoms with E-state index in [0.717, 1.165) is 11.3 Å². The van der Waals surface area contributed by atoms with E-state index >= 15 is 0 Å². The molecule has 3 rings (SSSR count). The molecule has 0 N–H and O–H groups in total. The van der Waals surface area contributed by atoms with Crippen LogP contribution in [-0.4, -0.2) is 27.4 Å². The Balaban J connectivity index is 1.88. The summed E-state index contributed by atoms with van der Waals surface area (Å²) in [4.78, 5) is 12.5. The molecule has 0 bridgehead atoms. The molecule has 6 heteroatoms. The van der Waals surface area contributed by atoms with Crippen LogP contribution in [0.4, 0.5) is 0 Å². The number of Topliss-reactive ketones (excluding diaryl/α,β-unsaturated/α-hetero) is 1. The number of aryl methyl sites for hydroxylation is 1. The number of halogens is 1. The number of para-hydroxylation sites is 1. The van der Waals surface area contributed by atoms with Crippen LogP contribution in [0, 0.1) is 5.92 Å². The second-order valence-electron chi connectivity index (χ2n) is 4.54. The van der Waals surface area contributed by atoms with Crippen molar-refractivity contribution in [1.82, 2.24) is 15.0 Å². The van der Waals surface area contributed by atoms with Gasteiger partial charge in [-0.1, -0.05) is 23.4 Å². The molecule has 19 heavy (non-hydrogen) atoms. The zero-order valence-electron chi connectivity index (χ0n) is 10.3. The molecule has 0 aliphatic carbocycles. The third-order valence-electron chi connectivity index (χ3n) is 3.27. The van der Waals surface area contributed by atoms with Crippen LogP contribution >= 0.6 is 15.9 Å². The number of ether oxygens (including phenoxy) is 1. The molecule has 0 saturated heterocycles. The first-order valence-corrected chi connectivity index (χ1v) is 6.76. The molecule has 98 valence electrons. The fourth-order valence-corrected chi connectivity index (χ4v) is 2.81. The number of hydrogen-bond acceptors (Lipinski definition) is 4. The van der Waals surface area contributed by atoms with Crippen LogP contribution in [0.3, 0.4) is 0 Å². The molecule has 1 aromatic carbocycles. The Labute approximate surface area is 118 Å². The topological polar surface area (TPSA) is 57.0 Å². The van der Waals surface area contributed by atoms with E-state index in [0.29, 0.717) is 23.3 Å². The van der Waals surface area contributed by atoms with Crippen molar-refractivity contribution in [3.63, 3.8) is 0 Å². The monoisotopic (exact) mass is 321 g/mol. The van der Waals surface area contributed by atoms with Gasteiger partial charge in [0.25, 0.3) is 0 Å². The number of aromatic nitrogens is 3. The largest absolute Gasteiger partial charge is 0.493 e. The van der Waals surface area contributed by atoms with Gasteiger partial charge in [-0.15, -0.1) is 5.10 Å². The lowest BCUT2D eigenvalue weighted by Crippen LogP contribution is -2.29. The SMILES string of the molecule is Cn1nnc(Br)c1C(=O)C1COc2ccccc2C1. The first-order chi connectivity index (χ1) is 9.16. The van der Waals surface area contributed by atoms with Crippen LogP contribution in [-0.2, 0) is 13.5 Å². The van der Waals surface area contributed by atoms with E-state index in [2.05, 4.69) is 26.2 Å². The van der Waals surface area contributed by atoms with Crippen LogP contribution in [0.15, 0.2) is 28.9 Å². The molecule has 0 fully saturated rings. The van der Waals surface area contributed by atoms with E-state index < -0.39 is 0 Å². The predicted octanol–water partition coefficient (Wildman–Crippen LogP) is 2.01. The van der Waals surface area contributed by atoms with E-state index in [1.54, 1.807) is 7.05 Å². The van der Waals surface area contributed by atoms with Crippen LogP contribution in [0.25, 0.3) is 0 Å². The lowest BCUT2D eigenvalue weighted by Gasteiger charge is -2.24. The van der Waals surface area contributed by atoms with Gasteiger partial charge in [0, 0.05) is 7.05 Å². The van der Waals surface area contributed by atoms with E-state index in [1.165, 1.54) is 4.68 Å². The Hall–Kier alpha value is -1.69. The second-order valence-corrected chi connectivity index (χ2v) is 5.29. The second kappa shape index (κ2) is 4.77. The first-order valence-electron chi connectivity index (χ1n) is 5.97. The van der Waals surface area contributed by atoms with Crippen molar-refractivity contribution < 1.29 is 9.53 Å². The van der Waals surface area contributed by atoms with Crippen molar-refractivity contribution in [3.8, 4) is 5.75 Å². The standard InChI is InChI=1S/C13H12BrN3O2/c1-17-11(13(14)15-16-17)12(18)9-6-8-4-2-3-5-10(8)19-7-9/h2-5,9H,6-7H2,1H3. The van der Waals surface area contributed by atoms with Crippen LogP contribution in [0.5, 0.6) is 5.75 Å². The van der Waals surface area contributed by atoms with Gasteiger partial charge in [0.2, 0.25) is 0 Å². The average molecular weight is 322 g/mol. The molecule has 1 aliphatic heterocycles. The minimum absolute atomic E-state index is 0.00822. The summed E-state index contributed by atoms with van der Waals surface area (Å²) in [6.07, 6.45) is 0.687. The highest BCUT2D eigenvalue weighted by Gasteiger charge is 2.30. The Bertz CT molecular complexity index is 619. The number of nitrogens with zero attached hydrogens (tertiary/aromatic N) is 3. The summed E-state index contributed by atoms with van der Waals surface area (Å²) >= 11 is 3.26. The number of hydrogen-bond donors (Lipinski definition) is 0. The summed E-state index contributed by atoms with van der Waals surface area (Å²) in [7, 11) is 1.71. The highest BCUT2D eigenvalue weighted by molar-refractivity contribution is 9.10. The van der Waals surface area contributed by atoms with Crippen molar-refractivity contribution in [2.45, 2.75) is 6.42 Å². The molecule has 1 aromatic heterocycles. The molecule has 0 spiro atoms. The van der Waals surface area contributed by atoms with Crippen molar-refractivity contribution in [2.24, 2.45) is 13.0 Å². The first kappa shape index (κ1) is 12.3. The molecule has 1 unspecified atom stereocenters. The van der Waals surface area contributed by atoms with Crippen molar-refractivity contribution in [1.29, 1.82) is 0 Å². The lowest BCUT2D eigenvalue weighted by molar-refractivity contribution is 0.0844. The van der Waals surface area contributed by atoms with Crippen molar-refractivity contribution in [2.75, 3.05) is 6.61 Å². The lowest BCUT2D eigenvalue weighted by atomic mass is 9.92. The Morgan fingerprint density at radius 3 is 3.00 bits per heavy atom. The van der Waals surface area contributed by atoms with E-state index in [1.807, 2.05) is 24.3 Å². The molecular formula is C13H12BrN3O2. The number of carbonyl (C=O) groups excluding carboxylic acids is 1. The van der Waals surface area contributed by atoms with Gasteiger partial charge >= 0.3 is 0 Å². The fraction of sp³-hybridized carbons (Fsp3) is 0.308. The molecule has 1 atom stereocenters. The van der Waals surface area contributed by atoms with Gasteiger partial charge < -0.3 is 4.74 Å². The maximum Gasteiger partial charge on any atom is 0.190 e. The van der Waals surface area contributed by atoms with Crippen molar-refractivity contribution in [3.05, 3.63) is 40.1 Å². The Morgan fingerprint density at radius 1 is 1.47 bits per heavy atom. The molecule has 0 amide bonds. The summed E-state index contributed by atoms with van der Waals surface area (Å²) in [5.41, 5.74) is 1.56. The smallest absolute Gasteiger partial charge is 0.190 e. The molecule has 1 aliphatic rings. The zero-order valence-corrected chi connectivity index (χ0v) is 11.9. The third kappa shape index (κ3) is 2.16. The molecule has 2 heterocycles.